The van der Waals surface area contributed by atoms with Crippen LogP contribution in [0.1, 0.15) is 31.1 Å². The molecule has 1 aromatic heterocycles. The molecule has 0 aliphatic carbocycles. The van der Waals surface area contributed by atoms with Crippen LogP contribution in [0.4, 0.5) is 13.2 Å². The fourth-order valence-corrected chi connectivity index (χ4v) is 2.54. The largest absolute Gasteiger partial charge is 0.405 e. The molecule has 1 unspecified atom stereocenters. The molecule has 0 aromatic carbocycles. The van der Waals surface area contributed by atoms with Crippen molar-refractivity contribution in [3.05, 3.63) is 18.0 Å². The SMILES string of the molecule is CC(C)(C)n1cc(C(=O)NCC(N2CCNCC2)C(F)(F)F)cn1. The summed E-state index contributed by atoms with van der Waals surface area (Å²) in [6.45, 7) is 6.94. The monoisotopic (exact) mass is 347 g/mol. The first-order valence-corrected chi connectivity index (χ1v) is 7.94. The van der Waals surface area contributed by atoms with E-state index in [9.17, 15) is 18.0 Å². The van der Waals surface area contributed by atoms with E-state index in [0.29, 0.717) is 26.2 Å². The summed E-state index contributed by atoms with van der Waals surface area (Å²) in [7, 11) is 0. The molecule has 1 aliphatic heterocycles. The van der Waals surface area contributed by atoms with Gasteiger partial charge in [-0.2, -0.15) is 18.3 Å². The molecular formula is C15H24F3N5O. The van der Waals surface area contributed by atoms with E-state index >= 15 is 0 Å². The van der Waals surface area contributed by atoms with Crippen molar-refractivity contribution in [3.63, 3.8) is 0 Å². The van der Waals surface area contributed by atoms with Crippen LogP contribution in [0.2, 0.25) is 0 Å². The lowest BCUT2D eigenvalue weighted by Gasteiger charge is -2.35. The number of halogens is 3. The van der Waals surface area contributed by atoms with Crippen LogP contribution in [0.3, 0.4) is 0 Å². The zero-order valence-corrected chi connectivity index (χ0v) is 14.2. The second kappa shape index (κ2) is 7.10. The second-order valence-corrected chi connectivity index (χ2v) is 6.90. The fourth-order valence-electron chi connectivity index (χ4n) is 2.54. The Kier molecular flexibility index (Phi) is 5.54. The minimum Gasteiger partial charge on any atom is -0.350 e. The summed E-state index contributed by atoms with van der Waals surface area (Å²) < 4.78 is 41.5. The van der Waals surface area contributed by atoms with E-state index in [4.69, 9.17) is 0 Å². The van der Waals surface area contributed by atoms with Crippen LogP contribution in [-0.2, 0) is 5.54 Å². The van der Waals surface area contributed by atoms with Crippen LogP contribution in [0, 0.1) is 0 Å². The molecule has 0 saturated carbocycles. The number of piperazine rings is 1. The van der Waals surface area contributed by atoms with Gasteiger partial charge in [-0.15, -0.1) is 0 Å². The van der Waals surface area contributed by atoms with Gasteiger partial charge in [0.15, 0.2) is 0 Å². The summed E-state index contributed by atoms with van der Waals surface area (Å²) in [5.74, 6) is -0.546. The summed E-state index contributed by atoms with van der Waals surface area (Å²) in [6, 6.07) is -1.68. The Morgan fingerprint density at radius 3 is 2.46 bits per heavy atom. The first kappa shape index (κ1) is 18.7. The second-order valence-electron chi connectivity index (χ2n) is 6.90. The summed E-state index contributed by atoms with van der Waals surface area (Å²) in [4.78, 5) is 13.5. The maximum absolute atomic E-state index is 13.3. The lowest BCUT2D eigenvalue weighted by molar-refractivity contribution is -0.183. The highest BCUT2D eigenvalue weighted by Gasteiger charge is 2.43. The molecule has 9 heteroatoms. The Balaban J connectivity index is 2.00. The molecule has 2 N–H and O–H groups in total. The highest BCUT2D eigenvalue weighted by Crippen LogP contribution is 2.25. The van der Waals surface area contributed by atoms with E-state index < -0.39 is 24.7 Å². The third kappa shape index (κ3) is 4.70. The third-order valence-electron chi connectivity index (χ3n) is 3.96. The van der Waals surface area contributed by atoms with Crippen LogP contribution in [0.25, 0.3) is 0 Å². The van der Waals surface area contributed by atoms with Crippen molar-refractivity contribution in [2.24, 2.45) is 0 Å². The predicted octanol–water partition coefficient (Wildman–Crippen LogP) is 1.20. The van der Waals surface area contributed by atoms with E-state index in [1.165, 1.54) is 11.1 Å². The van der Waals surface area contributed by atoms with Gasteiger partial charge in [-0.3, -0.25) is 14.4 Å². The number of alkyl halides is 3. The van der Waals surface area contributed by atoms with Crippen molar-refractivity contribution >= 4 is 5.91 Å². The molecule has 1 amide bonds. The highest BCUT2D eigenvalue weighted by atomic mass is 19.4. The number of amides is 1. The van der Waals surface area contributed by atoms with Crippen molar-refractivity contribution in [1.29, 1.82) is 0 Å². The fraction of sp³-hybridized carbons (Fsp3) is 0.733. The Bertz CT molecular complexity index is 558. The summed E-state index contributed by atoms with van der Waals surface area (Å²) in [5.41, 5.74) is -0.0421. The van der Waals surface area contributed by atoms with E-state index in [1.54, 1.807) is 10.9 Å². The van der Waals surface area contributed by atoms with Crippen LogP contribution in [-0.4, -0.2) is 65.5 Å². The molecule has 2 rings (SSSR count). The number of carbonyl (C=O) groups is 1. The molecule has 2 heterocycles. The molecule has 1 saturated heterocycles. The topological polar surface area (TPSA) is 62.2 Å². The maximum Gasteiger partial charge on any atom is 0.405 e. The van der Waals surface area contributed by atoms with Gasteiger partial charge in [0.05, 0.1) is 17.3 Å². The van der Waals surface area contributed by atoms with Gasteiger partial charge < -0.3 is 10.6 Å². The zero-order chi connectivity index (χ0) is 18.0. The van der Waals surface area contributed by atoms with Crippen molar-refractivity contribution in [3.8, 4) is 0 Å². The number of hydrogen-bond donors (Lipinski definition) is 2. The minimum absolute atomic E-state index is 0.256. The van der Waals surface area contributed by atoms with Crippen molar-refractivity contribution < 1.29 is 18.0 Å². The van der Waals surface area contributed by atoms with Crippen molar-refractivity contribution in [2.75, 3.05) is 32.7 Å². The Hall–Kier alpha value is -1.61. The summed E-state index contributed by atoms with van der Waals surface area (Å²) in [6.07, 6.45) is -1.48. The average Bonchev–Trinajstić information content (AvgIpc) is 2.97. The number of hydrogen-bond acceptors (Lipinski definition) is 4. The minimum atomic E-state index is -4.39. The first-order valence-electron chi connectivity index (χ1n) is 7.94. The van der Waals surface area contributed by atoms with Crippen LogP contribution >= 0.6 is 0 Å². The van der Waals surface area contributed by atoms with Gasteiger partial charge in [0, 0.05) is 38.9 Å². The van der Waals surface area contributed by atoms with E-state index in [1.807, 2.05) is 20.8 Å². The van der Waals surface area contributed by atoms with Crippen molar-refractivity contribution in [1.82, 2.24) is 25.3 Å². The molecule has 0 radical (unpaired) electrons. The lowest BCUT2D eigenvalue weighted by atomic mass is 10.1. The molecule has 1 fully saturated rings. The number of rotatable bonds is 4. The first-order chi connectivity index (χ1) is 11.1. The van der Waals surface area contributed by atoms with Crippen LogP contribution in [0.5, 0.6) is 0 Å². The summed E-state index contributed by atoms with van der Waals surface area (Å²) in [5, 5.41) is 9.50. The third-order valence-corrected chi connectivity index (χ3v) is 3.96. The van der Waals surface area contributed by atoms with Gasteiger partial charge in [0.2, 0.25) is 0 Å². The van der Waals surface area contributed by atoms with Crippen LogP contribution in [0.15, 0.2) is 12.4 Å². The van der Waals surface area contributed by atoms with E-state index in [2.05, 4.69) is 15.7 Å². The number of carbonyl (C=O) groups excluding carboxylic acids is 1. The molecular weight excluding hydrogens is 323 g/mol. The molecule has 0 spiro atoms. The predicted molar refractivity (Wildman–Crippen MR) is 83.8 cm³/mol. The van der Waals surface area contributed by atoms with Gasteiger partial charge in [0.25, 0.3) is 5.91 Å². The normalized spacial score (nSPS) is 18.4. The number of nitrogens with one attached hydrogen (secondary N) is 2. The number of nitrogens with zero attached hydrogens (tertiary/aromatic N) is 3. The standard InChI is InChI=1S/C15H24F3N5O/c1-14(2,3)23-10-11(8-21-23)13(24)20-9-12(15(16,17)18)22-6-4-19-5-7-22/h8,10,12,19H,4-7,9H2,1-3H3,(H,20,24). The smallest absolute Gasteiger partial charge is 0.350 e. The molecule has 1 atom stereocenters. The Morgan fingerprint density at radius 2 is 1.96 bits per heavy atom. The molecule has 1 aliphatic rings. The van der Waals surface area contributed by atoms with Crippen LogP contribution < -0.4 is 10.6 Å². The van der Waals surface area contributed by atoms with Gasteiger partial charge >= 0.3 is 6.18 Å². The zero-order valence-electron chi connectivity index (χ0n) is 14.2. The quantitative estimate of drug-likeness (QED) is 0.859. The average molecular weight is 347 g/mol. The molecule has 136 valence electrons. The molecule has 0 bridgehead atoms. The van der Waals surface area contributed by atoms with Gasteiger partial charge in [-0.1, -0.05) is 0 Å². The van der Waals surface area contributed by atoms with E-state index in [0.717, 1.165) is 0 Å². The maximum atomic E-state index is 13.3. The van der Waals surface area contributed by atoms with E-state index in [-0.39, 0.29) is 11.1 Å². The Morgan fingerprint density at radius 1 is 1.33 bits per heavy atom. The van der Waals surface area contributed by atoms with Gasteiger partial charge in [-0.05, 0) is 20.8 Å². The van der Waals surface area contributed by atoms with Gasteiger partial charge in [-0.25, -0.2) is 0 Å². The lowest BCUT2D eigenvalue weighted by Crippen LogP contribution is -2.57. The molecule has 24 heavy (non-hydrogen) atoms. The summed E-state index contributed by atoms with van der Waals surface area (Å²) >= 11 is 0. The Labute approximate surface area is 139 Å². The molecule has 1 aromatic rings. The highest BCUT2D eigenvalue weighted by molar-refractivity contribution is 5.93. The van der Waals surface area contributed by atoms with Crippen molar-refractivity contribution in [2.45, 2.75) is 38.5 Å². The molecule has 6 nitrogen and oxygen atoms in total. The number of aromatic nitrogens is 2. The van der Waals surface area contributed by atoms with Gasteiger partial charge in [0.1, 0.15) is 6.04 Å².